The molecule has 1 heterocycles. The molecule has 0 unspecified atom stereocenters. The van der Waals surface area contributed by atoms with Crippen LogP contribution in [-0.2, 0) is 7.05 Å². The molecule has 2 aromatic rings. The van der Waals surface area contributed by atoms with Gasteiger partial charge in [-0.1, -0.05) is 0 Å². The van der Waals surface area contributed by atoms with Gasteiger partial charge in [-0.25, -0.2) is 4.39 Å². The maximum Gasteiger partial charge on any atom is 0.273 e. The molecule has 6 heteroatoms. The Bertz CT molecular complexity index is 609. The Morgan fingerprint density at radius 2 is 2.22 bits per heavy atom. The van der Waals surface area contributed by atoms with Crippen molar-refractivity contribution in [2.75, 3.05) is 5.32 Å². The lowest BCUT2D eigenvalue weighted by molar-refractivity contribution is 0.101. The number of anilines is 1. The number of hydrogen-bond donors (Lipinski definition) is 1. The Morgan fingerprint density at radius 1 is 1.50 bits per heavy atom. The third-order valence-corrected chi connectivity index (χ3v) is 3.18. The van der Waals surface area contributed by atoms with Gasteiger partial charge in [-0.3, -0.25) is 9.48 Å². The first-order chi connectivity index (χ1) is 8.49. The van der Waals surface area contributed by atoms with Gasteiger partial charge in [0.1, 0.15) is 11.5 Å². The van der Waals surface area contributed by atoms with Crippen molar-refractivity contribution in [2.24, 2.45) is 7.05 Å². The predicted molar refractivity (Wildman–Crippen MR) is 70.0 cm³/mol. The lowest BCUT2D eigenvalue weighted by Gasteiger charge is -2.09. The number of benzene rings is 1. The van der Waals surface area contributed by atoms with Crippen molar-refractivity contribution in [1.29, 1.82) is 0 Å². The van der Waals surface area contributed by atoms with Crippen LogP contribution < -0.4 is 5.32 Å². The second-order valence-corrected chi connectivity index (χ2v) is 4.73. The standard InChI is InChI=1S/C12H11BrFN3O/c1-7-5-9(14)8(13)6-10(7)16-12(18)11-3-4-15-17(11)2/h3-6H,1-2H3,(H,16,18). The quantitative estimate of drug-likeness (QED) is 0.927. The molecular formula is C12H11BrFN3O. The summed E-state index contributed by atoms with van der Waals surface area (Å²) in [5.74, 6) is -0.636. The van der Waals surface area contributed by atoms with E-state index in [2.05, 4.69) is 26.3 Å². The van der Waals surface area contributed by atoms with Crippen LogP contribution in [-0.4, -0.2) is 15.7 Å². The van der Waals surface area contributed by atoms with Gasteiger partial charge in [0, 0.05) is 18.9 Å². The van der Waals surface area contributed by atoms with Gasteiger partial charge < -0.3 is 5.32 Å². The second-order valence-electron chi connectivity index (χ2n) is 3.88. The van der Waals surface area contributed by atoms with Crippen LogP contribution in [0.25, 0.3) is 0 Å². The molecule has 1 aromatic heterocycles. The summed E-state index contributed by atoms with van der Waals surface area (Å²) < 4.78 is 15.0. The molecule has 1 N–H and O–H groups in total. The highest BCUT2D eigenvalue weighted by Gasteiger charge is 2.12. The number of hydrogen-bond acceptors (Lipinski definition) is 2. The molecule has 4 nitrogen and oxygen atoms in total. The van der Waals surface area contributed by atoms with E-state index in [1.54, 1.807) is 32.3 Å². The molecule has 0 saturated heterocycles. The van der Waals surface area contributed by atoms with E-state index in [4.69, 9.17) is 0 Å². The number of carbonyl (C=O) groups excluding carboxylic acids is 1. The minimum atomic E-state index is -0.356. The van der Waals surface area contributed by atoms with Crippen LogP contribution in [0.2, 0.25) is 0 Å². The zero-order valence-corrected chi connectivity index (χ0v) is 11.5. The molecule has 1 aromatic carbocycles. The lowest BCUT2D eigenvalue weighted by atomic mass is 10.2. The largest absolute Gasteiger partial charge is 0.320 e. The third kappa shape index (κ3) is 2.43. The monoisotopic (exact) mass is 311 g/mol. The maximum absolute atomic E-state index is 13.3. The number of amides is 1. The Morgan fingerprint density at radius 3 is 2.83 bits per heavy atom. The highest BCUT2D eigenvalue weighted by Crippen LogP contribution is 2.24. The van der Waals surface area contributed by atoms with Crippen molar-refractivity contribution < 1.29 is 9.18 Å². The zero-order valence-electron chi connectivity index (χ0n) is 9.87. The van der Waals surface area contributed by atoms with E-state index in [9.17, 15) is 9.18 Å². The average Bonchev–Trinajstić information content (AvgIpc) is 2.72. The summed E-state index contributed by atoms with van der Waals surface area (Å²) in [5, 5.41) is 6.65. The van der Waals surface area contributed by atoms with Gasteiger partial charge >= 0.3 is 0 Å². The first kappa shape index (κ1) is 12.8. The van der Waals surface area contributed by atoms with Gasteiger partial charge in [0.2, 0.25) is 0 Å². The minimum absolute atomic E-state index is 0.281. The summed E-state index contributed by atoms with van der Waals surface area (Å²) in [6, 6.07) is 4.52. The summed E-state index contributed by atoms with van der Waals surface area (Å²) in [6.07, 6.45) is 1.54. The van der Waals surface area contributed by atoms with Crippen molar-refractivity contribution in [2.45, 2.75) is 6.92 Å². The highest BCUT2D eigenvalue weighted by molar-refractivity contribution is 9.10. The van der Waals surface area contributed by atoms with Crippen LogP contribution in [0, 0.1) is 12.7 Å². The van der Waals surface area contributed by atoms with Gasteiger partial charge in [-0.2, -0.15) is 5.10 Å². The molecule has 0 spiro atoms. The number of nitrogens with one attached hydrogen (secondary N) is 1. The molecule has 1 amide bonds. The Balaban J connectivity index is 2.28. The van der Waals surface area contributed by atoms with E-state index in [0.29, 0.717) is 21.4 Å². The number of aryl methyl sites for hydroxylation is 2. The van der Waals surface area contributed by atoms with Crippen LogP contribution in [0.5, 0.6) is 0 Å². The number of nitrogens with zero attached hydrogens (tertiary/aromatic N) is 2. The smallest absolute Gasteiger partial charge is 0.273 e. The fourth-order valence-corrected chi connectivity index (χ4v) is 1.91. The Kier molecular flexibility index (Phi) is 3.47. The maximum atomic E-state index is 13.3. The van der Waals surface area contributed by atoms with E-state index in [0.717, 1.165) is 0 Å². The van der Waals surface area contributed by atoms with Crippen LogP contribution in [0.1, 0.15) is 16.1 Å². The fourth-order valence-electron chi connectivity index (χ4n) is 1.56. The normalized spacial score (nSPS) is 10.4. The van der Waals surface area contributed by atoms with E-state index < -0.39 is 0 Å². The van der Waals surface area contributed by atoms with Crippen LogP contribution in [0.4, 0.5) is 10.1 Å². The van der Waals surface area contributed by atoms with Gasteiger partial charge in [-0.15, -0.1) is 0 Å². The van der Waals surface area contributed by atoms with Gasteiger partial charge in [0.15, 0.2) is 0 Å². The molecule has 0 radical (unpaired) electrons. The first-order valence-corrected chi connectivity index (χ1v) is 6.03. The van der Waals surface area contributed by atoms with Crippen molar-refractivity contribution in [3.05, 3.63) is 45.9 Å². The predicted octanol–water partition coefficient (Wildman–Crippen LogP) is 2.88. The van der Waals surface area contributed by atoms with Gasteiger partial charge in [0.25, 0.3) is 5.91 Å². The molecule has 0 bridgehead atoms. The van der Waals surface area contributed by atoms with Gasteiger partial charge in [-0.05, 0) is 46.6 Å². The van der Waals surface area contributed by atoms with Crippen LogP contribution in [0.3, 0.4) is 0 Å². The molecule has 0 atom stereocenters. The zero-order chi connectivity index (χ0) is 13.3. The first-order valence-electron chi connectivity index (χ1n) is 5.24. The SMILES string of the molecule is Cc1cc(F)c(Br)cc1NC(=O)c1ccnn1C. The van der Waals surface area contributed by atoms with Crippen molar-refractivity contribution in [3.8, 4) is 0 Å². The number of carbonyl (C=O) groups is 1. The lowest BCUT2D eigenvalue weighted by Crippen LogP contribution is -2.16. The third-order valence-electron chi connectivity index (χ3n) is 2.57. The van der Waals surface area contributed by atoms with Crippen LogP contribution >= 0.6 is 15.9 Å². The Hall–Kier alpha value is -1.69. The molecule has 0 saturated carbocycles. The number of aromatic nitrogens is 2. The minimum Gasteiger partial charge on any atom is -0.320 e. The van der Waals surface area contributed by atoms with Gasteiger partial charge in [0.05, 0.1) is 4.47 Å². The summed E-state index contributed by atoms with van der Waals surface area (Å²) in [4.78, 5) is 12.0. The van der Waals surface area contributed by atoms with Crippen molar-refractivity contribution >= 4 is 27.5 Å². The summed E-state index contributed by atoms with van der Waals surface area (Å²) in [5.41, 5.74) is 1.66. The number of halogens is 2. The molecule has 0 aliphatic heterocycles. The van der Waals surface area contributed by atoms with E-state index in [-0.39, 0.29) is 11.7 Å². The average molecular weight is 312 g/mol. The molecule has 94 valence electrons. The summed E-state index contributed by atoms with van der Waals surface area (Å²) in [7, 11) is 1.68. The summed E-state index contributed by atoms with van der Waals surface area (Å²) in [6.45, 7) is 1.73. The highest BCUT2D eigenvalue weighted by atomic mass is 79.9. The fraction of sp³-hybridized carbons (Fsp3) is 0.167. The van der Waals surface area contributed by atoms with Crippen molar-refractivity contribution in [3.63, 3.8) is 0 Å². The molecule has 18 heavy (non-hydrogen) atoms. The van der Waals surface area contributed by atoms with Crippen LogP contribution in [0.15, 0.2) is 28.9 Å². The van der Waals surface area contributed by atoms with Crippen molar-refractivity contribution in [1.82, 2.24) is 9.78 Å². The number of rotatable bonds is 2. The molecular weight excluding hydrogens is 301 g/mol. The van der Waals surface area contributed by atoms with E-state index in [1.807, 2.05) is 0 Å². The van der Waals surface area contributed by atoms with E-state index >= 15 is 0 Å². The second kappa shape index (κ2) is 4.89. The molecule has 0 aliphatic carbocycles. The topological polar surface area (TPSA) is 46.9 Å². The molecule has 0 fully saturated rings. The molecule has 0 aliphatic rings. The summed E-state index contributed by atoms with van der Waals surface area (Å²) >= 11 is 3.09. The molecule has 2 rings (SSSR count). The Labute approximate surface area is 112 Å². The van der Waals surface area contributed by atoms with E-state index in [1.165, 1.54) is 10.7 Å².